The van der Waals surface area contributed by atoms with Crippen molar-refractivity contribution in [2.45, 2.75) is 12.2 Å². The molecule has 0 heterocycles. The molecule has 0 spiro atoms. The summed E-state index contributed by atoms with van der Waals surface area (Å²) < 4.78 is 65.5. The first-order valence-corrected chi connectivity index (χ1v) is 26.1. The summed E-state index contributed by atoms with van der Waals surface area (Å²) in [7, 11) is -1.08. The lowest BCUT2D eigenvalue weighted by molar-refractivity contribution is -0.166. The summed E-state index contributed by atoms with van der Waals surface area (Å²) in [6.45, 7) is 0. The fraction of sp³-hybridized carbons (Fsp3) is 0.103. The lowest BCUT2D eigenvalue weighted by Crippen LogP contribution is -2.45. The Labute approximate surface area is 427 Å². The molecule has 0 radical (unpaired) electrons. The van der Waals surface area contributed by atoms with Gasteiger partial charge in [0.1, 0.15) is 23.0 Å². The van der Waals surface area contributed by atoms with E-state index in [0.717, 1.165) is 0 Å². The average molecular weight is 1030 g/mol. The van der Waals surface area contributed by atoms with Crippen LogP contribution in [0, 0.1) is 0 Å². The molecule has 0 bridgehead atoms. The van der Waals surface area contributed by atoms with Crippen LogP contribution in [-0.2, 0) is 28.2 Å². The van der Waals surface area contributed by atoms with E-state index in [-0.39, 0.29) is 11.1 Å². The first-order valence-electron chi connectivity index (χ1n) is 22.7. The van der Waals surface area contributed by atoms with E-state index in [9.17, 15) is 29.4 Å². The molecule has 0 aromatic heterocycles. The SMILES string of the molecule is COc1cc(OC)c(-c2c(OC)cc(OC)cc2P(=O)(c2ccccc2)c2ccccc2)c(P(=O)(c2ccccc2)c2ccccc2)c1.O=C(O[C@H](C(=O)O)[C@H](OC(=O)c1ccccc1)C(=O)O)c1ccccc1. The van der Waals surface area contributed by atoms with Gasteiger partial charge in [0, 0.05) is 55.1 Å². The zero-order valence-corrected chi connectivity index (χ0v) is 42.3. The van der Waals surface area contributed by atoms with Crippen molar-refractivity contribution in [3.05, 3.63) is 217 Å². The first kappa shape index (κ1) is 53.1. The lowest BCUT2D eigenvalue weighted by Gasteiger charge is -2.29. The number of benzene rings is 8. The summed E-state index contributed by atoms with van der Waals surface area (Å²) in [5, 5.41) is 21.9. The second-order valence-corrected chi connectivity index (χ2v) is 21.5. The average Bonchev–Trinajstić information content (AvgIpc) is 3.47. The largest absolute Gasteiger partial charge is 0.497 e. The molecule has 0 unspecified atom stereocenters. The van der Waals surface area contributed by atoms with Gasteiger partial charge in [-0.15, -0.1) is 0 Å². The van der Waals surface area contributed by atoms with Crippen LogP contribution in [-0.4, -0.2) is 74.7 Å². The van der Waals surface area contributed by atoms with Crippen molar-refractivity contribution in [1.82, 2.24) is 0 Å². The zero-order valence-electron chi connectivity index (χ0n) is 40.5. The van der Waals surface area contributed by atoms with Crippen LogP contribution in [0.2, 0.25) is 0 Å². The summed E-state index contributed by atoms with van der Waals surface area (Å²) >= 11 is 0. The van der Waals surface area contributed by atoms with E-state index in [2.05, 4.69) is 0 Å². The maximum absolute atomic E-state index is 16.1. The molecule has 16 heteroatoms. The Morgan fingerprint density at radius 3 is 0.865 bits per heavy atom. The van der Waals surface area contributed by atoms with Crippen molar-refractivity contribution >= 4 is 70.0 Å². The fourth-order valence-electron chi connectivity index (χ4n) is 8.11. The number of carboxylic acid groups (broad SMARTS) is 2. The predicted molar refractivity (Wildman–Crippen MR) is 283 cm³/mol. The van der Waals surface area contributed by atoms with Crippen LogP contribution in [0.5, 0.6) is 23.0 Å². The number of ether oxygens (including phenoxy) is 6. The van der Waals surface area contributed by atoms with Gasteiger partial charge >= 0.3 is 23.9 Å². The number of aliphatic carboxylic acids is 2. The summed E-state index contributed by atoms with van der Waals surface area (Å²) in [6.07, 6.45) is -4.43. The Balaban J connectivity index is 0.000000260. The molecule has 0 aliphatic heterocycles. The first-order chi connectivity index (χ1) is 35.8. The zero-order chi connectivity index (χ0) is 52.8. The van der Waals surface area contributed by atoms with Crippen LogP contribution in [0.15, 0.2) is 206 Å². The van der Waals surface area contributed by atoms with Gasteiger partial charge in [-0.25, -0.2) is 19.2 Å². The van der Waals surface area contributed by atoms with Gasteiger partial charge in [-0.2, -0.15) is 0 Å². The van der Waals surface area contributed by atoms with Crippen LogP contribution in [0.4, 0.5) is 0 Å². The molecule has 8 aromatic rings. The number of hydrogen-bond acceptors (Lipinski definition) is 12. The van der Waals surface area contributed by atoms with Gasteiger partial charge in [0.05, 0.1) is 39.6 Å². The summed E-state index contributed by atoms with van der Waals surface area (Å²) in [5.41, 5.74) is 1.02. The van der Waals surface area contributed by atoms with Crippen molar-refractivity contribution in [2.75, 3.05) is 28.4 Å². The molecule has 0 aliphatic rings. The third-order valence-electron chi connectivity index (χ3n) is 11.7. The van der Waals surface area contributed by atoms with Gasteiger partial charge in [-0.3, -0.25) is 0 Å². The summed E-state index contributed by atoms with van der Waals surface area (Å²) in [5.74, 6) is -3.95. The Kier molecular flexibility index (Phi) is 17.3. The third kappa shape index (κ3) is 11.3. The Morgan fingerprint density at radius 2 is 0.635 bits per heavy atom. The minimum atomic E-state index is -3.66. The van der Waals surface area contributed by atoms with E-state index in [4.69, 9.17) is 28.4 Å². The van der Waals surface area contributed by atoms with Crippen LogP contribution in [0.3, 0.4) is 0 Å². The second kappa shape index (κ2) is 24.1. The van der Waals surface area contributed by atoms with Gasteiger partial charge in [0.2, 0.25) is 12.2 Å². The minimum Gasteiger partial charge on any atom is -0.497 e. The fourth-order valence-corrected chi connectivity index (χ4v) is 13.9. The highest BCUT2D eigenvalue weighted by Crippen LogP contribution is 2.54. The second-order valence-electron chi connectivity index (χ2n) is 16.1. The standard InChI is InChI=1S/C40H36O6P2.C18H14O8/c1-43-29-25-35(45-3)39(37(27-29)47(41,31-17-9-5-10-18-31)32-19-11-6-12-20-32)40-36(46-4)26-30(44-2)28-38(40)48(42,33-21-13-7-14-22-33)34-23-15-8-16-24-34;19-15(20)13(25-17(23)11-7-3-1-4-8-11)14(16(21)22)26-18(24)12-9-5-2-6-10-12/h5-28H,1-4H3;1-10,13-14H,(H,19,20)(H,21,22)/t;13-,14-/m.0/s1. The Morgan fingerprint density at radius 1 is 0.378 bits per heavy atom. The normalized spacial score (nSPS) is 11.8. The van der Waals surface area contributed by atoms with Crippen molar-refractivity contribution < 1.29 is 66.9 Å². The highest BCUT2D eigenvalue weighted by Gasteiger charge is 2.42. The molecule has 0 aliphatic carbocycles. The molecule has 0 fully saturated rings. The number of carbonyl (C=O) groups excluding carboxylic acids is 2. The van der Waals surface area contributed by atoms with Gasteiger partial charge in [-0.1, -0.05) is 158 Å². The maximum atomic E-state index is 16.1. The van der Waals surface area contributed by atoms with Gasteiger partial charge in [-0.05, 0) is 36.4 Å². The molecular weight excluding hydrogens is 983 g/mol. The van der Waals surface area contributed by atoms with Gasteiger partial charge in [0.15, 0.2) is 14.3 Å². The smallest absolute Gasteiger partial charge is 0.349 e. The number of methoxy groups -OCH3 is 4. The minimum absolute atomic E-state index is 0.0253. The Hall–Kier alpha value is -8.70. The number of rotatable bonds is 18. The molecular formula is C58H50O14P2. The van der Waals surface area contributed by atoms with Crippen molar-refractivity contribution in [2.24, 2.45) is 0 Å². The topological polar surface area (TPSA) is 198 Å². The number of carboxylic acids is 2. The number of hydrogen-bond donors (Lipinski definition) is 2. The van der Waals surface area contributed by atoms with Crippen LogP contribution >= 0.6 is 14.3 Å². The molecule has 0 saturated carbocycles. The molecule has 2 N–H and O–H groups in total. The van der Waals surface area contributed by atoms with E-state index >= 15 is 9.13 Å². The van der Waals surface area contributed by atoms with Crippen LogP contribution in [0.1, 0.15) is 20.7 Å². The summed E-state index contributed by atoms with van der Waals surface area (Å²) in [6, 6.07) is 59.5. The Bertz CT molecular complexity index is 3010. The molecule has 0 amide bonds. The molecule has 8 aromatic carbocycles. The molecule has 376 valence electrons. The van der Waals surface area contributed by atoms with Crippen LogP contribution < -0.4 is 50.8 Å². The molecule has 8 rings (SSSR count). The number of esters is 2. The molecule has 2 atom stereocenters. The quantitative estimate of drug-likeness (QED) is 0.0615. The number of carbonyl (C=O) groups is 4. The summed E-state index contributed by atoms with van der Waals surface area (Å²) in [4.78, 5) is 46.8. The van der Waals surface area contributed by atoms with E-state index in [0.29, 0.717) is 66.0 Å². The monoisotopic (exact) mass is 1030 g/mol. The predicted octanol–water partition coefficient (Wildman–Crippen LogP) is 8.27. The molecule has 0 saturated heterocycles. The third-order valence-corrected chi connectivity index (χ3v) is 17.8. The highest BCUT2D eigenvalue weighted by molar-refractivity contribution is 7.86. The van der Waals surface area contributed by atoms with E-state index < -0.39 is 50.4 Å². The van der Waals surface area contributed by atoms with Gasteiger partial charge in [0.25, 0.3) is 0 Å². The highest BCUT2D eigenvalue weighted by atomic mass is 31.2. The molecule has 14 nitrogen and oxygen atoms in total. The van der Waals surface area contributed by atoms with Gasteiger partial charge < -0.3 is 47.8 Å². The van der Waals surface area contributed by atoms with E-state index in [1.165, 1.54) is 48.5 Å². The van der Waals surface area contributed by atoms with Crippen molar-refractivity contribution in [1.29, 1.82) is 0 Å². The van der Waals surface area contributed by atoms with Crippen molar-refractivity contribution in [3.63, 3.8) is 0 Å². The van der Waals surface area contributed by atoms with E-state index in [1.807, 2.05) is 121 Å². The van der Waals surface area contributed by atoms with Crippen molar-refractivity contribution in [3.8, 4) is 34.1 Å². The lowest BCUT2D eigenvalue weighted by atomic mass is 10.0. The van der Waals surface area contributed by atoms with E-state index in [1.54, 1.807) is 64.8 Å². The van der Waals surface area contributed by atoms with Crippen LogP contribution in [0.25, 0.3) is 11.1 Å². The maximum Gasteiger partial charge on any atom is 0.349 e. The molecule has 74 heavy (non-hydrogen) atoms.